The average molecular weight is 443 g/mol. The summed E-state index contributed by atoms with van der Waals surface area (Å²) in [5.74, 6) is -0.571. The fourth-order valence-electron chi connectivity index (χ4n) is 2.94. The maximum Gasteiger partial charge on any atom is 0.275 e. The number of amides is 1. The Labute approximate surface area is 174 Å². The number of benzene rings is 1. The third kappa shape index (κ3) is 4.64. The van der Waals surface area contributed by atoms with Crippen LogP contribution in [0.25, 0.3) is 0 Å². The zero-order valence-corrected chi connectivity index (χ0v) is 17.6. The van der Waals surface area contributed by atoms with E-state index in [0.29, 0.717) is 31.9 Å². The van der Waals surface area contributed by atoms with Crippen LogP contribution in [0.1, 0.15) is 17.4 Å². The van der Waals surface area contributed by atoms with Gasteiger partial charge >= 0.3 is 0 Å². The lowest BCUT2D eigenvalue weighted by Crippen LogP contribution is -2.48. The summed E-state index contributed by atoms with van der Waals surface area (Å²) < 4.78 is 27.3. The molecule has 0 spiro atoms. The van der Waals surface area contributed by atoms with E-state index in [-0.39, 0.29) is 20.8 Å². The summed E-state index contributed by atoms with van der Waals surface area (Å²) in [6.07, 6.45) is 0. The van der Waals surface area contributed by atoms with E-state index in [1.165, 1.54) is 28.6 Å². The van der Waals surface area contributed by atoms with Gasteiger partial charge in [0.15, 0.2) is 0 Å². The van der Waals surface area contributed by atoms with Crippen LogP contribution in [0.3, 0.4) is 0 Å². The maximum absolute atomic E-state index is 12.9. The average Bonchev–Trinajstić information content (AvgIpc) is 2.70. The van der Waals surface area contributed by atoms with Crippen molar-refractivity contribution in [2.45, 2.75) is 11.8 Å². The van der Waals surface area contributed by atoms with Crippen LogP contribution < -0.4 is 5.32 Å². The van der Waals surface area contributed by atoms with Crippen LogP contribution in [0.4, 0.5) is 5.69 Å². The molecule has 1 amide bonds. The molecular formula is C18H20Cl2N4O3S. The second kappa shape index (κ2) is 8.75. The van der Waals surface area contributed by atoms with Crippen molar-refractivity contribution in [3.63, 3.8) is 0 Å². The molecule has 1 fully saturated rings. The molecule has 1 aromatic carbocycles. The van der Waals surface area contributed by atoms with Crippen LogP contribution in [-0.4, -0.2) is 61.2 Å². The largest absolute Gasteiger partial charge is 0.321 e. The van der Waals surface area contributed by atoms with Gasteiger partial charge < -0.3 is 10.2 Å². The molecule has 0 unspecified atom stereocenters. The Morgan fingerprint density at radius 1 is 1.14 bits per heavy atom. The number of carbonyl (C=O) groups excluding carboxylic acids is 1. The molecule has 1 N–H and O–H groups in total. The zero-order valence-electron chi connectivity index (χ0n) is 15.2. The minimum atomic E-state index is -3.64. The second-order valence-corrected chi connectivity index (χ2v) is 9.02. The van der Waals surface area contributed by atoms with Crippen molar-refractivity contribution >= 4 is 44.8 Å². The predicted octanol–water partition coefficient (Wildman–Crippen LogP) is 2.97. The predicted molar refractivity (Wildman–Crippen MR) is 110 cm³/mol. The maximum atomic E-state index is 12.9. The fourth-order valence-corrected chi connectivity index (χ4v) is 4.74. The zero-order chi connectivity index (χ0) is 20.3. The Balaban J connectivity index is 1.78. The van der Waals surface area contributed by atoms with E-state index in [1.807, 2.05) is 0 Å². The number of hydrogen-bond acceptors (Lipinski definition) is 5. The Morgan fingerprint density at radius 2 is 1.86 bits per heavy atom. The third-order valence-corrected chi connectivity index (χ3v) is 6.95. The second-order valence-electron chi connectivity index (χ2n) is 6.28. The molecule has 0 aliphatic carbocycles. The van der Waals surface area contributed by atoms with Crippen LogP contribution >= 0.6 is 23.2 Å². The first-order chi connectivity index (χ1) is 13.3. The van der Waals surface area contributed by atoms with Crippen molar-refractivity contribution in [3.8, 4) is 0 Å². The molecule has 0 atom stereocenters. The molecule has 1 aromatic heterocycles. The van der Waals surface area contributed by atoms with E-state index >= 15 is 0 Å². The summed E-state index contributed by atoms with van der Waals surface area (Å²) in [5, 5.41) is 2.91. The molecule has 1 aliphatic heterocycles. The first kappa shape index (κ1) is 21.0. The number of likely N-dealkylation sites (N-methyl/N-ethyl adjacent to an activating group) is 1. The molecule has 150 valence electrons. The van der Waals surface area contributed by atoms with E-state index in [2.05, 4.69) is 22.1 Å². The molecule has 0 saturated carbocycles. The van der Waals surface area contributed by atoms with Crippen LogP contribution in [0.2, 0.25) is 10.2 Å². The molecular weight excluding hydrogens is 423 g/mol. The monoisotopic (exact) mass is 442 g/mol. The summed E-state index contributed by atoms with van der Waals surface area (Å²) in [7, 11) is -3.64. The number of hydrogen-bond donors (Lipinski definition) is 1. The van der Waals surface area contributed by atoms with E-state index in [9.17, 15) is 13.2 Å². The molecule has 7 nitrogen and oxygen atoms in total. The van der Waals surface area contributed by atoms with Gasteiger partial charge in [-0.15, -0.1) is 0 Å². The number of halogens is 2. The Hall–Kier alpha value is -1.71. The van der Waals surface area contributed by atoms with Gasteiger partial charge in [0.1, 0.15) is 10.8 Å². The summed E-state index contributed by atoms with van der Waals surface area (Å²) >= 11 is 11.8. The molecule has 1 saturated heterocycles. The molecule has 3 rings (SSSR count). The van der Waals surface area contributed by atoms with Crippen molar-refractivity contribution in [2.75, 3.05) is 38.0 Å². The standard InChI is InChI=1S/C18H20Cl2N4O3S/c1-2-23-8-10-24(11-9-23)28(26,27)14-5-3-4-13(12-14)21-18(25)17-15(19)6-7-16(20)22-17/h3-7,12H,2,8-11H2,1H3,(H,21,25). The number of pyridine rings is 1. The highest BCUT2D eigenvalue weighted by molar-refractivity contribution is 7.89. The SMILES string of the molecule is CCN1CCN(S(=O)(=O)c2cccc(NC(=O)c3nc(Cl)ccc3Cl)c2)CC1. The van der Waals surface area contributed by atoms with Crippen molar-refractivity contribution in [3.05, 3.63) is 52.3 Å². The van der Waals surface area contributed by atoms with Crippen molar-refractivity contribution < 1.29 is 13.2 Å². The van der Waals surface area contributed by atoms with Gasteiger partial charge in [-0.2, -0.15) is 4.31 Å². The molecule has 28 heavy (non-hydrogen) atoms. The number of rotatable bonds is 5. The van der Waals surface area contributed by atoms with Crippen molar-refractivity contribution in [1.29, 1.82) is 0 Å². The Bertz CT molecular complexity index is 977. The number of piperazine rings is 1. The number of aromatic nitrogens is 1. The quantitative estimate of drug-likeness (QED) is 0.719. The van der Waals surface area contributed by atoms with Gasteiger partial charge in [-0.1, -0.05) is 36.2 Å². The van der Waals surface area contributed by atoms with Gasteiger partial charge in [0.05, 0.1) is 9.92 Å². The summed E-state index contributed by atoms with van der Waals surface area (Å²) in [4.78, 5) is 18.7. The lowest BCUT2D eigenvalue weighted by Gasteiger charge is -2.33. The number of carbonyl (C=O) groups is 1. The van der Waals surface area contributed by atoms with Crippen LogP contribution in [0.5, 0.6) is 0 Å². The number of nitrogens with one attached hydrogen (secondary N) is 1. The molecule has 2 heterocycles. The first-order valence-corrected chi connectivity index (χ1v) is 11.0. The van der Waals surface area contributed by atoms with E-state index < -0.39 is 15.9 Å². The van der Waals surface area contributed by atoms with Crippen LogP contribution in [0.15, 0.2) is 41.3 Å². The molecule has 2 aromatic rings. The van der Waals surface area contributed by atoms with Gasteiger partial charge in [0.2, 0.25) is 10.0 Å². The summed E-state index contributed by atoms with van der Waals surface area (Å²) in [6.45, 7) is 5.23. The first-order valence-electron chi connectivity index (χ1n) is 8.77. The van der Waals surface area contributed by atoms with Gasteiger partial charge in [0.25, 0.3) is 5.91 Å². The normalized spacial score (nSPS) is 16.1. The summed E-state index contributed by atoms with van der Waals surface area (Å²) in [5.41, 5.74) is 0.300. The lowest BCUT2D eigenvalue weighted by molar-refractivity contribution is 0.102. The highest BCUT2D eigenvalue weighted by Crippen LogP contribution is 2.23. The van der Waals surface area contributed by atoms with Gasteiger partial charge in [-0.25, -0.2) is 13.4 Å². The van der Waals surface area contributed by atoms with E-state index in [0.717, 1.165) is 6.54 Å². The molecule has 1 aliphatic rings. The number of nitrogens with zero attached hydrogens (tertiary/aromatic N) is 3. The van der Waals surface area contributed by atoms with Gasteiger partial charge in [-0.3, -0.25) is 4.79 Å². The van der Waals surface area contributed by atoms with Crippen LogP contribution in [-0.2, 0) is 10.0 Å². The third-order valence-electron chi connectivity index (χ3n) is 4.54. The van der Waals surface area contributed by atoms with Crippen molar-refractivity contribution in [2.24, 2.45) is 0 Å². The topological polar surface area (TPSA) is 82.6 Å². The molecule has 0 radical (unpaired) electrons. The highest BCUT2D eigenvalue weighted by Gasteiger charge is 2.28. The minimum absolute atomic E-state index is 0.0295. The summed E-state index contributed by atoms with van der Waals surface area (Å²) in [6, 6.07) is 9.08. The smallest absolute Gasteiger partial charge is 0.275 e. The Kier molecular flexibility index (Phi) is 6.57. The number of sulfonamides is 1. The molecule has 10 heteroatoms. The van der Waals surface area contributed by atoms with Crippen molar-refractivity contribution in [1.82, 2.24) is 14.2 Å². The van der Waals surface area contributed by atoms with E-state index in [4.69, 9.17) is 23.2 Å². The van der Waals surface area contributed by atoms with Crippen LogP contribution in [0, 0.1) is 0 Å². The van der Waals surface area contributed by atoms with Gasteiger partial charge in [0, 0.05) is 31.9 Å². The van der Waals surface area contributed by atoms with Gasteiger partial charge in [-0.05, 0) is 36.9 Å². The Morgan fingerprint density at radius 3 is 2.54 bits per heavy atom. The minimum Gasteiger partial charge on any atom is -0.321 e. The lowest BCUT2D eigenvalue weighted by atomic mass is 10.3. The molecule has 0 bridgehead atoms. The fraction of sp³-hybridized carbons (Fsp3) is 0.333. The highest BCUT2D eigenvalue weighted by atomic mass is 35.5. The van der Waals surface area contributed by atoms with E-state index in [1.54, 1.807) is 12.1 Å². The number of anilines is 1.